The van der Waals surface area contributed by atoms with Crippen molar-refractivity contribution in [3.8, 4) is 0 Å². The molecule has 0 saturated carbocycles. The van der Waals surface area contributed by atoms with E-state index in [1.165, 1.54) is 16.7 Å². The number of carbonyl (C=O) groups excluding carboxylic acids is 3. The van der Waals surface area contributed by atoms with Gasteiger partial charge in [0.25, 0.3) is 19.8 Å². The molecule has 1 saturated heterocycles. The Labute approximate surface area is 231 Å². The fourth-order valence-corrected chi connectivity index (χ4v) is 5.64. The van der Waals surface area contributed by atoms with Gasteiger partial charge in [0.1, 0.15) is 23.6 Å². The van der Waals surface area contributed by atoms with Crippen molar-refractivity contribution in [3.05, 3.63) is 17.2 Å². The van der Waals surface area contributed by atoms with Gasteiger partial charge in [0.15, 0.2) is 0 Å². The molecule has 0 aromatic carbocycles. The molecular weight excluding hydrogens is 559 g/mol. The van der Waals surface area contributed by atoms with E-state index in [-0.39, 0.29) is 35.0 Å². The normalized spacial score (nSPS) is 19.6. The van der Waals surface area contributed by atoms with Crippen LogP contribution in [0.25, 0.3) is 5.70 Å². The number of nitrogens with one attached hydrogen (secondary N) is 2. The first-order valence-electron chi connectivity index (χ1n) is 11.2. The molecule has 4 rings (SSSR count). The number of alkyl halides is 1. The molecular formula is C19H22BClN10O5S2. The molecule has 2 atom stereocenters. The first-order valence-corrected chi connectivity index (χ1v) is 13.5. The number of amides is 3. The number of tetrazole rings is 1. The minimum absolute atomic E-state index is 0.0869. The van der Waals surface area contributed by atoms with Gasteiger partial charge in [-0.2, -0.15) is 9.36 Å². The molecule has 0 spiro atoms. The number of rotatable bonds is 8. The summed E-state index contributed by atoms with van der Waals surface area (Å²) in [6, 6.07) is -0.892. The number of fused-ring (bicyclic) bond motifs is 1. The van der Waals surface area contributed by atoms with Crippen LogP contribution in [0.15, 0.2) is 10.7 Å². The van der Waals surface area contributed by atoms with Crippen LogP contribution in [-0.4, -0.2) is 101 Å². The van der Waals surface area contributed by atoms with Crippen LogP contribution >= 0.6 is 34.9 Å². The fraction of sp³-hybridized carbons (Fsp3) is 0.526. The molecule has 2 aliphatic rings. The third kappa shape index (κ3) is 5.91. The molecule has 15 nitrogen and oxygen atoms in total. The number of β-lactam (4-membered cyclic amide) rings is 1. The lowest BCUT2D eigenvalue weighted by atomic mass is 10.0. The van der Waals surface area contributed by atoms with Crippen LogP contribution in [-0.2, 0) is 19.2 Å². The van der Waals surface area contributed by atoms with E-state index in [1.807, 2.05) is 0 Å². The summed E-state index contributed by atoms with van der Waals surface area (Å²) in [6.45, 7) is 7.01. The lowest BCUT2D eigenvalue weighted by Crippen LogP contribution is -2.70. The molecule has 2 aromatic heterocycles. The van der Waals surface area contributed by atoms with Crippen molar-refractivity contribution in [3.63, 3.8) is 0 Å². The minimum atomic E-state index is -0.892. The van der Waals surface area contributed by atoms with Crippen LogP contribution in [0.2, 0.25) is 0 Å². The number of oxime groups is 1. The Morgan fingerprint density at radius 2 is 2.11 bits per heavy atom. The predicted molar refractivity (Wildman–Crippen MR) is 140 cm³/mol. The summed E-state index contributed by atoms with van der Waals surface area (Å²) in [6.07, 6.45) is -0.730. The fourth-order valence-electron chi connectivity index (χ4n) is 3.40. The van der Waals surface area contributed by atoms with E-state index >= 15 is 0 Å². The molecule has 0 bridgehead atoms. The summed E-state index contributed by atoms with van der Waals surface area (Å²) in [4.78, 5) is 49.1. The Balaban J connectivity index is 1.49. The topological polar surface area (TPSA) is 179 Å². The lowest BCUT2D eigenvalue weighted by Gasteiger charge is -2.49. The molecule has 38 heavy (non-hydrogen) atoms. The molecule has 3 amide bonds. The largest absolute Gasteiger partial charge is 0.444 e. The highest BCUT2D eigenvalue weighted by atomic mass is 35.5. The van der Waals surface area contributed by atoms with Crippen LogP contribution in [0.1, 0.15) is 39.3 Å². The number of aromatic nitrogens is 6. The Kier molecular flexibility index (Phi) is 8.22. The third-order valence-corrected chi connectivity index (χ3v) is 7.17. The molecule has 1 fully saturated rings. The second-order valence-corrected chi connectivity index (χ2v) is 10.9. The Morgan fingerprint density at radius 3 is 2.74 bits per heavy atom. The number of anilines is 1. The molecule has 200 valence electrons. The standard InChI is InChI=1S/C19H22BClN10O5S2/c1-5-35-27-9(12-23-17(38-28-12)24-18(34)36-19(2,3)4)14(32)22-10-15(33)30-11(13-25-29-31(20)26-13)8(6-21)7-37-16(10)30/h10,16H,5-7H2,1-4H3,(H,22,32)(H,23,24,28,34)/b27-9-/t10-,16-/m1/s1. The summed E-state index contributed by atoms with van der Waals surface area (Å²) in [5.41, 5.74) is 0.167. The van der Waals surface area contributed by atoms with Gasteiger partial charge in [-0.3, -0.25) is 19.8 Å². The van der Waals surface area contributed by atoms with Crippen molar-refractivity contribution in [2.24, 2.45) is 5.16 Å². The second kappa shape index (κ2) is 11.2. The van der Waals surface area contributed by atoms with Gasteiger partial charge in [-0.1, -0.05) is 10.4 Å². The van der Waals surface area contributed by atoms with Gasteiger partial charge in [0.2, 0.25) is 22.5 Å². The van der Waals surface area contributed by atoms with Crippen LogP contribution in [0, 0.1) is 0 Å². The van der Waals surface area contributed by atoms with Gasteiger partial charge in [0.05, 0.1) is 5.70 Å². The van der Waals surface area contributed by atoms with E-state index in [2.05, 4.69) is 40.6 Å². The highest BCUT2D eigenvalue weighted by molar-refractivity contribution is 8.00. The number of carbonyl (C=O) groups is 3. The summed E-state index contributed by atoms with van der Waals surface area (Å²) in [5.74, 6) is -0.460. The number of thioether (sulfide) groups is 1. The molecule has 2 aliphatic heterocycles. The van der Waals surface area contributed by atoms with Crippen LogP contribution in [0.3, 0.4) is 0 Å². The average Bonchev–Trinajstić information content (AvgIpc) is 3.49. The van der Waals surface area contributed by atoms with E-state index in [4.69, 9.17) is 29.2 Å². The zero-order valence-corrected chi connectivity index (χ0v) is 23.1. The summed E-state index contributed by atoms with van der Waals surface area (Å²) in [7, 11) is 5.53. The Hall–Kier alpha value is -3.25. The lowest BCUT2D eigenvalue weighted by molar-refractivity contribution is -0.142. The van der Waals surface area contributed by atoms with Crippen molar-refractivity contribution in [2.45, 2.75) is 44.7 Å². The van der Waals surface area contributed by atoms with E-state index in [0.717, 1.165) is 21.8 Å². The molecule has 0 aliphatic carbocycles. The summed E-state index contributed by atoms with van der Waals surface area (Å²) < 4.78 is 10.1. The van der Waals surface area contributed by atoms with Crippen molar-refractivity contribution < 1.29 is 24.0 Å². The molecule has 2 aromatic rings. The van der Waals surface area contributed by atoms with Crippen LogP contribution in [0.4, 0.5) is 9.93 Å². The number of hydrogen-bond donors (Lipinski definition) is 2. The number of nitrogens with zero attached hydrogens (tertiary/aromatic N) is 8. The maximum Gasteiger partial charge on any atom is 0.414 e. The van der Waals surface area contributed by atoms with E-state index in [1.54, 1.807) is 27.7 Å². The maximum atomic E-state index is 13.2. The van der Waals surface area contributed by atoms with Gasteiger partial charge >= 0.3 is 6.09 Å². The minimum Gasteiger partial charge on any atom is -0.444 e. The molecule has 0 unspecified atom stereocenters. The van der Waals surface area contributed by atoms with Crippen LogP contribution < -0.4 is 10.6 Å². The Bertz CT molecular complexity index is 1310. The average molecular weight is 581 g/mol. The maximum absolute atomic E-state index is 13.2. The highest BCUT2D eigenvalue weighted by Gasteiger charge is 2.54. The number of hydrogen-bond acceptors (Lipinski definition) is 13. The molecule has 19 heteroatoms. The molecule has 4 heterocycles. The number of ether oxygens (including phenoxy) is 1. The SMILES string of the molecule is [B]n1nnc(C2=C(CCl)CS[C@@H]3[C@H](NC(=O)/C(=N\OCC)c4nsc(NC(=O)OC(C)(C)C)n4)C(=O)N23)n1. The molecule has 2 N–H and O–H groups in total. The van der Waals surface area contributed by atoms with E-state index in [0.29, 0.717) is 11.4 Å². The molecule has 2 radical (unpaired) electrons. The van der Waals surface area contributed by atoms with Crippen molar-refractivity contribution in [2.75, 3.05) is 23.6 Å². The Morgan fingerprint density at radius 1 is 1.34 bits per heavy atom. The zero-order valence-electron chi connectivity index (χ0n) is 20.7. The second-order valence-electron chi connectivity index (χ2n) is 8.79. The van der Waals surface area contributed by atoms with E-state index in [9.17, 15) is 14.4 Å². The van der Waals surface area contributed by atoms with Crippen LogP contribution in [0.5, 0.6) is 0 Å². The first-order chi connectivity index (χ1) is 18.0. The smallest absolute Gasteiger partial charge is 0.414 e. The number of halogens is 1. The van der Waals surface area contributed by atoms with Gasteiger partial charge < -0.3 is 14.9 Å². The van der Waals surface area contributed by atoms with Gasteiger partial charge in [-0.25, -0.2) is 9.50 Å². The van der Waals surface area contributed by atoms with Crippen molar-refractivity contribution in [1.82, 2.24) is 39.7 Å². The van der Waals surface area contributed by atoms with Crippen molar-refractivity contribution in [1.29, 1.82) is 0 Å². The predicted octanol–water partition coefficient (Wildman–Crippen LogP) is 0.594. The van der Waals surface area contributed by atoms with Gasteiger partial charge in [-0.15, -0.1) is 33.6 Å². The highest BCUT2D eigenvalue weighted by Crippen LogP contribution is 2.43. The zero-order chi connectivity index (χ0) is 27.6. The third-order valence-electron chi connectivity index (χ3n) is 4.88. The summed E-state index contributed by atoms with van der Waals surface area (Å²) in [5, 5.41) is 20.1. The van der Waals surface area contributed by atoms with Crippen molar-refractivity contribution >= 4 is 77.3 Å². The monoisotopic (exact) mass is 580 g/mol. The first kappa shape index (κ1) is 27.8. The van der Waals surface area contributed by atoms with E-state index < -0.39 is 34.9 Å². The van der Waals surface area contributed by atoms with Gasteiger partial charge in [0, 0.05) is 23.2 Å². The summed E-state index contributed by atoms with van der Waals surface area (Å²) >= 11 is 8.33. The van der Waals surface area contributed by atoms with Gasteiger partial charge in [-0.05, 0) is 33.3 Å². The quantitative estimate of drug-likeness (QED) is 0.147.